The third-order valence-corrected chi connectivity index (χ3v) is 3.24. The molecule has 0 saturated heterocycles. The zero-order valence-corrected chi connectivity index (χ0v) is 11.9. The van der Waals surface area contributed by atoms with Gasteiger partial charge in [-0.2, -0.15) is 0 Å². The predicted octanol–water partition coefficient (Wildman–Crippen LogP) is 4.92. The molecule has 0 unspecified atom stereocenters. The minimum Gasteiger partial charge on any atom is -0.497 e. The van der Waals surface area contributed by atoms with E-state index in [-0.39, 0.29) is 0 Å². The lowest BCUT2D eigenvalue weighted by Gasteiger charge is -2.14. The normalized spacial score (nSPS) is 10.6. The number of ether oxygens (including phenoxy) is 2. The Morgan fingerprint density at radius 1 is 0.895 bits per heavy atom. The monoisotopic (exact) mass is 256 g/mol. The molecule has 0 aliphatic rings. The van der Waals surface area contributed by atoms with E-state index in [2.05, 4.69) is 26.8 Å². The van der Waals surface area contributed by atoms with Gasteiger partial charge in [0.25, 0.3) is 0 Å². The lowest BCUT2D eigenvalue weighted by molar-refractivity contribution is 0.412. The van der Waals surface area contributed by atoms with Crippen LogP contribution in [0.2, 0.25) is 0 Å². The fraction of sp³-hybridized carbons (Fsp3) is 0.294. The van der Waals surface area contributed by atoms with Gasteiger partial charge in [-0.1, -0.05) is 26.0 Å². The highest BCUT2D eigenvalue weighted by Crippen LogP contribution is 2.31. The Morgan fingerprint density at radius 2 is 1.53 bits per heavy atom. The Balaban J connectivity index is 2.25. The molecule has 0 aliphatic heterocycles. The molecule has 0 N–H and O–H groups in total. The molecule has 0 amide bonds. The van der Waals surface area contributed by atoms with Crippen LogP contribution in [-0.2, 0) is 0 Å². The van der Waals surface area contributed by atoms with Gasteiger partial charge in [0.15, 0.2) is 0 Å². The molecule has 0 bridgehead atoms. The van der Waals surface area contributed by atoms with E-state index in [9.17, 15) is 0 Å². The summed E-state index contributed by atoms with van der Waals surface area (Å²) in [4.78, 5) is 0. The summed E-state index contributed by atoms with van der Waals surface area (Å²) in [6.45, 7) is 6.49. The molecular weight excluding hydrogens is 236 g/mol. The SMILES string of the molecule is COc1ccc(Oc2cccc(C(C)C)c2C)cc1. The van der Waals surface area contributed by atoms with Crippen LogP contribution in [0.3, 0.4) is 0 Å². The van der Waals surface area contributed by atoms with Crippen LogP contribution >= 0.6 is 0 Å². The fourth-order valence-electron chi connectivity index (χ4n) is 2.14. The Kier molecular flexibility index (Phi) is 4.10. The molecular formula is C17H20O2. The first-order valence-corrected chi connectivity index (χ1v) is 6.53. The van der Waals surface area contributed by atoms with E-state index in [0.717, 1.165) is 17.2 Å². The van der Waals surface area contributed by atoms with E-state index in [0.29, 0.717) is 5.92 Å². The lowest BCUT2D eigenvalue weighted by atomic mass is 9.97. The Labute approximate surface area is 115 Å². The van der Waals surface area contributed by atoms with Gasteiger partial charge in [-0.15, -0.1) is 0 Å². The Hall–Kier alpha value is -1.96. The second-order valence-electron chi connectivity index (χ2n) is 4.90. The second-order valence-corrected chi connectivity index (χ2v) is 4.90. The lowest BCUT2D eigenvalue weighted by Crippen LogP contribution is -1.95. The molecule has 0 aliphatic carbocycles. The van der Waals surface area contributed by atoms with Gasteiger partial charge in [0.1, 0.15) is 17.2 Å². The van der Waals surface area contributed by atoms with E-state index in [1.165, 1.54) is 11.1 Å². The van der Waals surface area contributed by atoms with Gasteiger partial charge in [-0.25, -0.2) is 0 Å². The third-order valence-electron chi connectivity index (χ3n) is 3.24. The topological polar surface area (TPSA) is 18.5 Å². The van der Waals surface area contributed by atoms with Crippen LogP contribution in [-0.4, -0.2) is 7.11 Å². The van der Waals surface area contributed by atoms with E-state index in [4.69, 9.17) is 9.47 Å². The molecule has 2 heteroatoms. The van der Waals surface area contributed by atoms with Crippen LogP contribution in [0.15, 0.2) is 42.5 Å². The van der Waals surface area contributed by atoms with E-state index >= 15 is 0 Å². The zero-order valence-electron chi connectivity index (χ0n) is 11.9. The van der Waals surface area contributed by atoms with Gasteiger partial charge in [-0.3, -0.25) is 0 Å². The quantitative estimate of drug-likeness (QED) is 0.773. The predicted molar refractivity (Wildman–Crippen MR) is 78.3 cm³/mol. The van der Waals surface area contributed by atoms with E-state index < -0.39 is 0 Å². The van der Waals surface area contributed by atoms with Gasteiger partial charge in [0.2, 0.25) is 0 Å². The van der Waals surface area contributed by atoms with Crippen LogP contribution in [0.4, 0.5) is 0 Å². The van der Waals surface area contributed by atoms with Crippen LogP contribution in [0, 0.1) is 6.92 Å². The summed E-state index contributed by atoms with van der Waals surface area (Å²) in [5.41, 5.74) is 2.53. The van der Waals surface area contributed by atoms with Crippen LogP contribution in [0.1, 0.15) is 30.9 Å². The molecule has 0 aromatic heterocycles. The summed E-state index contributed by atoms with van der Waals surface area (Å²) >= 11 is 0. The first-order chi connectivity index (χ1) is 9.11. The maximum atomic E-state index is 5.94. The smallest absolute Gasteiger partial charge is 0.130 e. The van der Waals surface area contributed by atoms with Crippen molar-refractivity contribution in [3.8, 4) is 17.2 Å². The zero-order chi connectivity index (χ0) is 13.8. The summed E-state index contributed by atoms with van der Waals surface area (Å²) in [7, 11) is 1.66. The van der Waals surface area contributed by atoms with Crippen molar-refractivity contribution in [2.45, 2.75) is 26.7 Å². The average Bonchev–Trinajstić information content (AvgIpc) is 2.41. The van der Waals surface area contributed by atoms with Crippen molar-refractivity contribution in [1.82, 2.24) is 0 Å². The molecule has 0 heterocycles. The Morgan fingerprint density at radius 3 is 2.11 bits per heavy atom. The maximum Gasteiger partial charge on any atom is 0.130 e. The van der Waals surface area contributed by atoms with Crippen molar-refractivity contribution in [2.24, 2.45) is 0 Å². The largest absolute Gasteiger partial charge is 0.497 e. The highest BCUT2D eigenvalue weighted by Gasteiger charge is 2.08. The summed E-state index contributed by atoms with van der Waals surface area (Å²) < 4.78 is 11.1. The van der Waals surface area contributed by atoms with E-state index in [1.807, 2.05) is 36.4 Å². The fourth-order valence-corrected chi connectivity index (χ4v) is 2.14. The number of hydrogen-bond donors (Lipinski definition) is 0. The average molecular weight is 256 g/mol. The molecule has 0 radical (unpaired) electrons. The minimum absolute atomic E-state index is 0.499. The molecule has 0 spiro atoms. The van der Waals surface area contributed by atoms with E-state index in [1.54, 1.807) is 7.11 Å². The van der Waals surface area contributed by atoms with Gasteiger partial charge >= 0.3 is 0 Å². The number of hydrogen-bond acceptors (Lipinski definition) is 2. The number of benzene rings is 2. The molecule has 2 aromatic rings. The van der Waals surface area contributed by atoms with Crippen LogP contribution in [0.25, 0.3) is 0 Å². The highest BCUT2D eigenvalue weighted by atomic mass is 16.5. The van der Waals surface area contributed by atoms with Crippen LogP contribution in [0.5, 0.6) is 17.2 Å². The summed E-state index contributed by atoms with van der Waals surface area (Å²) in [5.74, 6) is 3.07. The van der Waals surface area contributed by atoms with Crippen molar-refractivity contribution >= 4 is 0 Å². The van der Waals surface area contributed by atoms with Gasteiger partial charge < -0.3 is 9.47 Å². The third kappa shape index (κ3) is 3.08. The van der Waals surface area contributed by atoms with Crippen molar-refractivity contribution in [3.05, 3.63) is 53.6 Å². The molecule has 19 heavy (non-hydrogen) atoms. The van der Waals surface area contributed by atoms with Gasteiger partial charge in [0.05, 0.1) is 7.11 Å². The summed E-state index contributed by atoms with van der Waals surface area (Å²) in [6, 6.07) is 13.8. The van der Waals surface area contributed by atoms with Crippen molar-refractivity contribution in [2.75, 3.05) is 7.11 Å². The number of rotatable bonds is 4. The summed E-state index contributed by atoms with van der Waals surface area (Å²) in [6.07, 6.45) is 0. The first-order valence-electron chi connectivity index (χ1n) is 6.53. The molecule has 2 rings (SSSR count). The van der Waals surface area contributed by atoms with Crippen molar-refractivity contribution < 1.29 is 9.47 Å². The molecule has 2 aromatic carbocycles. The van der Waals surface area contributed by atoms with Crippen LogP contribution < -0.4 is 9.47 Å². The molecule has 2 nitrogen and oxygen atoms in total. The standard InChI is InChI=1S/C17H20O2/c1-12(2)16-6-5-7-17(13(16)3)19-15-10-8-14(18-4)9-11-15/h5-12H,1-4H3. The van der Waals surface area contributed by atoms with Crippen molar-refractivity contribution in [1.29, 1.82) is 0 Å². The first kappa shape index (κ1) is 13.5. The number of methoxy groups -OCH3 is 1. The second kappa shape index (κ2) is 5.79. The van der Waals surface area contributed by atoms with Gasteiger partial charge in [-0.05, 0) is 54.3 Å². The summed E-state index contributed by atoms with van der Waals surface area (Å²) in [5, 5.41) is 0. The van der Waals surface area contributed by atoms with Gasteiger partial charge in [0, 0.05) is 0 Å². The minimum atomic E-state index is 0.499. The molecule has 0 atom stereocenters. The maximum absolute atomic E-state index is 5.94. The van der Waals surface area contributed by atoms with Crippen molar-refractivity contribution in [3.63, 3.8) is 0 Å². The molecule has 100 valence electrons. The molecule has 0 saturated carbocycles. The highest BCUT2D eigenvalue weighted by molar-refractivity contribution is 5.43. The molecule has 0 fully saturated rings. The Bertz CT molecular complexity index is 542.